The van der Waals surface area contributed by atoms with Crippen LogP contribution in [-0.4, -0.2) is 57.1 Å². The first kappa shape index (κ1) is 31.7. The molecule has 0 heterocycles. The molecule has 0 aromatic heterocycles. The van der Waals surface area contributed by atoms with Gasteiger partial charge in [0.1, 0.15) is 11.8 Å². The predicted octanol–water partition coefficient (Wildman–Crippen LogP) is 4.72. The maximum atomic E-state index is 13.9. The third-order valence-electron chi connectivity index (χ3n) is 6.81. The number of anilines is 1. The summed E-state index contributed by atoms with van der Waals surface area (Å²) in [6.07, 6.45) is 1.85. The minimum atomic E-state index is -3.64. The van der Waals surface area contributed by atoms with Crippen LogP contribution in [0, 0.1) is 6.92 Å². The number of carbonyl (C=O) groups is 2. The van der Waals surface area contributed by atoms with Crippen LogP contribution in [0.2, 0.25) is 0 Å². The molecular formula is C32H41N3O5S. The van der Waals surface area contributed by atoms with Gasteiger partial charge in [-0.05, 0) is 56.0 Å². The lowest BCUT2D eigenvalue weighted by Gasteiger charge is -2.32. The molecule has 3 rings (SSSR count). The molecule has 0 bridgehead atoms. The van der Waals surface area contributed by atoms with Gasteiger partial charge in [-0.25, -0.2) is 8.42 Å². The Morgan fingerprint density at radius 3 is 2.24 bits per heavy atom. The van der Waals surface area contributed by atoms with E-state index in [9.17, 15) is 18.0 Å². The number of amides is 2. The Labute approximate surface area is 244 Å². The molecule has 0 saturated heterocycles. The fourth-order valence-electron chi connectivity index (χ4n) is 4.74. The van der Waals surface area contributed by atoms with E-state index in [0.29, 0.717) is 31.0 Å². The summed E-state index contributed by atoms with van der Waals surface area (Å²) >= 11 is 0. The smallest absolute Gasteiger partial charge is 0.243 e. The maximum Gasteiger partial charge on any atom is 0.243 e. The van der Waals surface area contributed by atoms with Crippen molar-refractivity contribution in [2.75, 3.05) is 30.3 Å². The van der Waals surface area contributed by atoms with Gasteiger partial charge in [0.25, 0.3) is 0 Å². The molecule has 1 atom stereocenters. The number of aryl methyl sites for hydroxylation is 1. The number of para-hydroxylation sites is 2. The highest BCUT2D eigenvalue weighted by atomic mass is 32.2. The minimum Gasteiger partial charge on any atom is -0.492 e. The number of rotatable bonds is 15. The third-order valence-corrected chi connectivity index (χ3v) is 7.99. The Kier molecular flexibility index (Phi) is 11.8. The van der Waals surface area contributed by atoms with Crippen molar-refractivity contribution in [2.45, 2.75) is 52.6 Å². The van der Waals surface area contributed by atoms with Gasteiger partial charge >= 0.3 is 0 Å². The van der Waals surface area contributed by atoms with Gasteiger partial charge in [-0.3, -0.25) is 13.9 Å². The lowest BCUT2D eigenvalue weighted by molar-refractivity contribution is -0.141. The van der Waals surface area contributed by atoms with Gasteiger partial charge < -0.3 is 15.0 Å². The van der Waals surface area contributed by atoms with Crippen LogP contribution in [0.5, 0.6) is 5.75 Å². The standard InChI is InChI=1S/C32H41N3O5S/c1-5-33-32(37)29(23-26-16-8-7-9-17-26)34(24-27-18-11-10-15-25(27)3)31(36)21-14-22-35(41(4,38)39)28-19-12-13-20-30(28)40-6-2/h7-13,15-20,29H,5-6,14,21-24H2,1-4H3,(H,33,37). The summed E-state index contributed by atoms with van der Waals surface area (Å²) in [7, 11) is -3.64. The monoisotopic (exact) mass is 579 g/mol. The Bertz CT molecular complexity index is 1400. The molecule has 1 unspecified atom stereocenters. The SMILES string of the molecule is CCNC(=O)C(Cc1ccccc1)N(Cc1ccccc1C)C(=O)CCCN(c1ccccc1OCC)S(C)(=O)=O. The van der Waals surface area contributed by atoms with Crippen LogP contribution in [0.4, 0.5) is 5.69 Å². The molecule has 220 valence electrons. The molecule has 0 aliphatic carbocycles. The van der Waals surface area contributed by atoms with E-state index < -0.39 is 16.1 Å². The van der Waals surface area contributed by atoms with Gasteiger partial charge in [0.2, 0.25) is 21.8 Å². The second-order valence-electron chi connectivity index (χ2n) is 9.89. The average Bonchev–Trinajstić information content (AvgIpc) is 2.94. The van der Waals surface area contributed by atoms with Gasteiger partial charge in [0.05, 0.1) is 18.6 Å². The highest BCUT2D eigenvalue weighted by Crippen LogP contribution is 2.30. The number of nitrogens with one attached hydrogen (secondary N) is 1. The summed E-state index contributed by atoms with van der Waals surface area (Å²) in [5, 5.41) is 2.90. The van der Waals surface area contributed by atoms with E-state index >= 15 is 0 Å². The quantitative estimate of drug-likeness (QED) is 0.281. The highest BCUT2D eigenvalue weighted by Gasteiger charge is 2.30. The van der Waals surface area contributed by atoms with Crippen molar-refractivity contribution in [1.29, 1.82) is 0 Å². The van der Waals surface area contributed by atoms with Gasteiger partial charge in [-0.15, -0.1) is 0 Å². The largest absolute Gasteiger partial charge is 0.492 e. The molecule has 3 aromatic rings. The van der Waals surface area contributed by atoms with Crippen LogP contribution in [0.3, 0.4) is 0 Å². The first-order valence-electron chi connectivity index (χ1n) is 14.0. The summed E-state index contributed by atoms with van der Waals surface area (Å²) in [4.78, 5) is 28.9. The number of sulfonamides is 1. The number of ether oxygens (including phenoxy) is 1. The van der Waals surface area contributed by atoms with Gasteiger partial charge in [0, 0.05) is 32.5 Å². The zero-order valence-electron chi connectivity index (χ0n) is 24.4. The molecule has 1 N–H and O–H groups in total. The summed E-state index contributed by atoms with van der Waals surface area (Å²) < 4.78 is 32.5. The van der Waals surface area contributed by atoms with Crippen molar-refractivity contribution >= 4 is 27.5 Å². The summed E-state index contributed by atoms with van der Waals surface area (Å²) in [5.41, 5.74) is 3.36. The molecule has 0 radical (unpaired) electrons. The zero-order valence-corrected chi connectivity index (χ0v) is 25.2. The van der Waals surface area contributed by atoms with E-state index in [4.69, 9.17) is 4.74 Å². The lowest BCUT2D eigenvalue weighted by atomic mass is 10.0. The second-order valence-corrected chi connectivity index (χ2v) is 11.8. The second kappa shape index (κ2) is 15.2. The van der Waals surface area contributed by atoms with Gasteiger partial charge in [0.15, 0.2) is 0 Å². The predicted molar refractivity (Wildman–Crippen MR) is 163 cm³/mol. The molecule has 8 nitrogen and oxygen atoms in total. The Hall–Kier alpha value is -3.85. The number of hydrogen-bond acceptors (Lipinski definition) is 5. The summed E-state index contributed by atoms with van der Waals surface area (Å²) in [5.74, 6) is 0.0285. The van der Waals surface area contributed by atoms with Crippen molar-refractivity contribution in [3.05, 3.63) is 95.6 Å². The average molecular weight is 580 g/mol. The van der Waals surface area contributed by atoms with E-state index in [1.807, 2.05) is 75.4 Å². The van der Waals surface area contributed by atoms with Crippen LogP contribution >= 0.6 is 0 Å². The number of benzene rings is 3. The van der Waals surface area contributed by atoms with Crippen LogP contribution in [0.15, 0.2) is 78.9 Å². The summed E-state index contributed by atoms with van der Waals surface area (Å²) in [6, 6.07) is 23.7. The van der Waals surface area contributed by atoms with E-state index in [1.165, 1.54) is 4.31 Å². The van der Waals surface area contributed by atoms with Crippen molar-refractivity contribution in [2.24, 2.45) is 0 Å². The first-order valence-corrected chi connectivity index (χ1v) is 15.9. The molecular weight excluding hydrogens is 538 g/mol. The lowest BCUT2D eigenvalue weighted by Crippen LogP contribution is -2.50. The number of likely N-dealkylation sites (N-methyl/N-ethyl adjacent to an activating group) is 1. The Balaban J connectivity index is 1.88. The Morgan fingerprint density at radius 1 is 0.927 bits per heavy atom. The molecule has 0 aliphatic heterocycles. The maximum absolute atomic E-state index is 13.9. The molecule has 2 amide bonds. The highest BCUT2D eigenvalue weighted by molar-refractivity contribution is 7.92. The molecule has 0 spiro atoms. The van der Waals surface area contributed by atoms with Gasteiger partial charge in [-0.1, -0.05) is 66.7 Å². The topological polar surface area (TPSA) is 96.0 Å². The molecule has 0 aliphatic rings. The number of hydrogen-bond donors (Lipinski definition) is 1. The van der Waals surface area contributed by atoms with Crippen LogP contribution < -0.4 is 14.4 Å². The van der Waals surface area contributed by atoms with Crippen LogP contribution in [-0.2, 0) is 32.6 Å². The van der Waals surface area contributed by atoms with Crippen LogP contribution in [0.25, 0.3) is 0 Å². The van der Waals surface area contributed by atoms with Crippen molar-refractivity contribution in [1.82, 2.24) is 10.2 Å². The minimum absolute atomic E-state index is 0.0688. The molecule has 9 heteroatoms. The van der Waals surface area contributed by atoms with E-state index in [-0.39, 0.29) is 37.7 Å². The van der Waals surface area contributed by atoms with Crippen LogP contribution in [0.1, 0.15) is 43.4 Å². The van der Waals surface area contributed by atoms with E-state index in [2.05, 4.69) is 5.32 Å². The molecule has 0 saturated carbocycles. The van der Waals surface area contributed by atoms with E-state index in [1.54, 1.807) is 29.2 Å². The van der Waals surface area contributed by atoms with Crippen molar-refractivity contribution in [3.63, 3.8) is 0 Å². The number of carbonyl (C=O) groups excluding carboxylic acids is 2. The van der Waals surface area contributed by atoms with E-state index in [0.717, 1.165) is 22.9 Å². The number of nitrogens with zero attached hydrogens (tertiary/aromatic N) is 2. The molecule has 0 fully saturated rings. The Morgan fingerprint density at radius 2 is 1.59 bits per heavy atom. The van der Waals surface area contributed by atoms with Crippen molar-refractivity contribution in [3.8, 4) is 5.75 Å². The molecule has 41 heavy (non-hydrogen) atoms. The fourth-order valence-corrected chi connectivity index (χ4v) is 5.71. The summed E-state index contributed by atoms with van der Waals surface area (Å²) in [6.45, 7) is 6.87. The fraction of sp³-hybridized carbons (Fsp3) is 0.375. The third kappa shape index (κ3) is 9.08. The molecule has 3 aromatic carbocycles. The van der Waals surface area contributed by atoms with Gasteiger partial charge in [-0.2, -0.15) is 0 Å². The first-order chi connectivity index (χ1) is 19.7. The normalized spacial score (nSPS) is 11.9. The van der Waals surface area contributed by atoms with Crippen molar-refractivity contribution < 1.29 is 22.7 Å². The zero-order chi connectivity index (χ0) is 29.8.